The highest BCUT2D eigenvalue weighted by Crippen LogP contribution is 2.58. The molecule has 2 aromatic carbocycles. The molecule has 6 heteroatoms. The third kappa shape index (κ3) is 3.17. The molecule has 0 spiro atoms. The van der Waals surface area contributed by atoms with E-state index in [-0.39, 0.29) is 12.2 Å². The van der Waals surface area contributed by atoms with Gasteiger partial charge >= 0.3 is 5.97 Å². The second kappa shape index (κ2) is 6.68. The lowest BCUT2D eigenvalue weighted by Gasteiger charge is -2.26. The van der Waals surface area contributed by atoms with E-state index in [0.717, 1.165) is 5.56 Å². The molecule has 0 bridgehead atoms. The van der Waals surface area contributed by atoms with Crippen molar-refractivity contribution >= 4 is 22.6 Å². The second-order valence-corrected chi connectivity index (χ2v) is 7.14. The van der Waals surface area contributed by atoms with Crippen LogP contribution in [0.4, 0.5) is 0 Å². The summed E-state index contributed by atoms with van der Waals surface area (Å²) >= 11 is 0. The van der Waals surface area contributed by atoms with Crippen LogP contribution in [-0.4, -0.2) is 21.7 Å². The highest BCUT2D eigenvalue weighted by Gasteiger charge is 2.28. The lowest BCUT2D eigenvalue weighted by Crippen LogP contribution is -2.10. The van der Waals surface area contributed by atoms with Crippen LogP contribution >= 0.6 is 10.6 Å². The van der Waals surface area contributed by atoms with Crippen molar-refractivity contribution in [3.63, 3.8) is 0 Å². The van der Waals surface area contributed by atoms with E-state index >= 15 is 0 Å². The topological polar surface area (TPSA) is 76.0 Å². The van der Waals surface area contributed by atoms with Crippen molar-refractivity contribution in [1.82, 2.24) is 0 Å². The van der Waals surface area contributed by atoms with Gasteiger partial charge < -0.3 is 9.47 Å². The normalized spacial score (nSPS) is 15.6. The molecule has 0 amide bonds. The Bertz CT molecular complexity index is 783. The van der Waals surface area contributed by atoms with Gasteiger partial charge in [0.05, 0.1) is 11.5 Å². The van der Waals surface area contributed by atoms with Crippen LogP contribution in [0.15, 0.2) is 52.8 Å². The van der Waals surface area contributed by atoms with Gasteiger partial charge in [-0.15, -0.1) is 10.6 Å². The first-order valence-electron chi connectivity index (χ1n) is 7.50. The van der Waals surface area contributed by atoms with Crippen molar-refractivity contribution in [3.05, 3.63) is 64.6 Å². The molecule has 1 aliphatic rings. The minimum absolute atomic E-state index is 0.160. The van der Waals surface area contributed by atoms with Crippen LogP contribution in [0.1, 0.15) is 28.4 Å². The molecule has 0 radical (unpaired) electrons. The van der Waals surface area contributed by atoms with Crippen LogP contribution in [-0.2, 0) is 11.3 Å². The van der Waals surface area contributed by atoms with Gasteiger partial charge in [0.15, 0.2) is 0 Å². The van der Waals surface area contributed by atoms with Gasteiger partial charge in [0.1, 0.15) is 17.9 Å². The number of esters is 1. The molecule has 0 saturated carbocycles. The summed E-state index contributed by atoms with van der Waals surface area (Å²) < 4.78 is 30.9. The zero-order valence-electron chi connectivity index (χ0n) is 13.1. The van der Waals surface area contributed by atoms with Crippen LogP contribution in [0.5, 0.6) is 5.75 Å². The van der Waals surface area contributed by atoms with Crippen LogP contribution in [0.2, 0.25) is 0 Å². The van der Waals surface area contributed by atoms with E-state index in [2.05, 4.69) is 0 Å². The Morgan fingerprint density at radius 2 is 1.88 bits per heavy atom. The second-order valence-electron chi connectivity index (χ2n) is 5.24. The molecule has 126 valence electrons. The molecule has 0 aromatic heterocycles. The first-order valence-corrected chi connectivity index (χ1v) is 9.11. The number of benzene rings is 2. The Labute approximate surface area is 141 Å². The van der Waals surface area contributed by atoms with Gasteiger partial charge in [-0.05, 0) is 30.7 Å². The fourth-order valence-electron chi connectivity index (χ4n) is 2.50. The van der Waals surface area contributed by atoms with E-state index in [1.165, 1.54) is 17.5 Å². The Morgan fingerprint density at radius 1 is 1.12 bits per heavy atom. The molecule has 0 fully saturated rings. The van der Waals surface area contributed by atoms with Gasteiger partial charge in [-0.3, -0.25) is 9.11 Å². The lowest BCUT2D eigenvalue weighted by molar-refractivity contribution is 0.0468. The number of rotatable bonds is 5. The molecule has 2 N–H and O–H groups in total. The molecule has 24 heavy (non-hydrogen) atoms. The van der Waals surface area contributed by atoms with Crippen LogP contribution in [0, 0.1) is 0 Å². The molecular weight excluding hydrogens is 328 g/mol. The van der Waals surface area contributed by atoms with E-state index in [4.69, 9.17) is 9.47 Å². The maximum atomic E-state index is 12.4. The molecule has 5 nitrogen and oxygen atoms in total. The minimum Gasteiger partial charge on any atom is -0.492 e. The molecule has 0 unspecified atom stereocenters. The fourth-order valence-corrected chi connectivity index (χ4v) is 3.72. The fraction of sp³-hybridized carbons (Fsp3) is 0.167. The third-order valence-corrected chi connectivity index (χ3v) is 5.14. The molecule has 1 aliphatic heterocycles. The Kier molecular flexibility index (Phi) is 4.62. The van der Waals surface area contributed by atoms with Gasteiger partial charge in [0.25, 0.3) is 0 Å². The summed E-state index contributed by atoms with van der Waals surface area (Å²) in [6, 6.07) is 12.4. The summed E-state index contributed by atoms with van der Waals surface area (Å²) in [6.07, 6.45) is 1.57. The molecular formula is C18H18O5S. The van der Waals surface area contributed by atoms with E-state index in [9.17, 15) is 13.9 Å². The van der Waals surface area contributed by atoms with E-state index in [1.807, 2.05) is 30.3 Å². The Morgan fingerprint density at radius 3 is 2.58 bits per heavy atom. The summed E-state index contributed by atoms with van der Waals surface area (Å²) in [7, 11) is -2.96. The van der Waals surface area contributed by atoms with Crippen molar-refractivity contribution in [2.75, 3.05) is 6.61 Å². The maximum Gasteiger partial charge on any atom is 0.342 e. The lowest BCUT2D eigenvalue weighted by atomic mass is 10.1. The van der Waals surface area contributed by atoms with Gasteiger partial charge in [0.2, 0.25) is 0 Å². The molecule has 2 aromatic rings. The van der Waals surface area contributed by atoms with Gasteiger partial charge in [-0.1, -0.05) is 30.3 Å². The average molecular weight is 346 g/mol. The van der Waals surface area contributed by atoms with Crippen molar-refractivity contribution in [3.8, 4) is 5.75 Å². The number of carbonyl (C=O) groups is 1. The van der Waals surface area contributed by atoms with Gasteiger partial charge in [0, 0.05) is 11.0 Å². The molecule has 0 atom stereocenters. The smallest absolute Gasteiger partial charge is 0.342 e. The first kappa shape index (κ1) is 16.6. The molecule has 3 rings (SSSR count). The summed E-state index contributed by atoms with van der Waals surface area (Å²) in [5.74, 6) is -0.191. The quantitative estimate of drug-likeness (QED) is 0.778. The Balaban J connectivity index is 1.88. The van der Waals surface area contributed by atoms with E-state index in [0.29, 0.717) is 22.8 Å². The zero-order valence-corrected chi connectivity index (χ0v) is 14.0. The summed E-state index contributed by atoms with van der Waals surface area (Å²) in [5, 5.41) is 1.33. The maximum absolute atomic E-state index is 12.4. The minimum atomic E-state index is -2.96. The van der Waals surface area contributed by atoms with E-state index < -0.39 is 16.6 Å². The van der Waals surface area contributed by atoms with Crippen LogP contribution in [0.3, 0.4) is 0 Å². The number of hydrogen-bond acceptors (Lipinski definition) is 5. The SMILES string of the molecule is CCOc1c(C(=O)OCc2ccccc2)ccc2c1C=CS2(O)O. The van der Waals surface area contributed by atoms with Crippen molar-refractivity contribution < 1.29 is 23.4 Å². The largest absolute Gasteiger partial charge is 0.492 e. The van der Waals surface area contributed by atoms with Crippen LogP contribution < -0.4 is 4.74 Å². The highest BCUT2D eigenvalue weighted by atomic mass is 32.3. The summed E-state index contributed by atoms with van der Waals surface area (Å²) in [5.41, 5.74) is 1.68. The predicted molar refractivity (Wildman–Crippen MR) is 93.3 cm³/mol. The van der Waals surface area contributed by atoms with Gasteiger partial charge in [-0.2, -0.15) is 0 Å². The van der Waals surface area contributed by atoms with Crippen LogP contribution in [0.25, 0.3) is 6.08 Å². The monoisotopic (exact) mass is 346 g/mol. The van der Waals surface area contributed by atoms with Crippen molar-refractivity contribution in [2.45, 2.75) is 18.4 Å². The third-order valence-electron chi connectivity index (χ3n) is 3.63. The molecule has 0 saturated heterocycles. The first-order chi connectivity index (χ1) is 11.5. The molecule has 0 aliphatic carbocycles. The van der Waals surface area contributed by atoms with Gasteiger partial charge in [-0.25, -0.2) is 4.79 Å². The standard InChI is InChI=1S/C18H18O5S/c1-2-22-17-14-10-11-24(20,21)16(14)9-8-15(17)18(19)23-12-13-6-4-3-5-7-13/h3-11,20-21H,2,12H2,1H3. The number of carbonyl (C=O) groups excluding carboxylic acids is 1. The summed E-state index contributed by atoms with van der Waals surface area (Å²) in [6.45, 7) is 2.31. The summed E-state index contributed by atoms with van der Waals surface area (Å²) in [4.78, 5) is 12.8. The predicted octanol–water partition coefficient (Wildman–Crippen LogP) is 4.54. The van der Waals surface area contributed by atoms with E-state index in [1.54, 1.807) is 13.0 Å². The number of ether oxygens (including phenoxy) is 2. The zero-order chi connectivity index (χ0) is 17.2. The molecule has 1 heterocycles. The number of hydrogen-bond donors (Lipinski definition) is 2. The van der Waals surface area contributed by atoms with Crippen molar-refractivity contribution in [2.24, 2.45) is 0 Å². The average Bonchev–Trinajstić information content (AvgIpc) is 2.90. The van der Waals surface area contributed by atoms with Crippen molar-refractivity contribution in [1.29, 1.82) is 0 Å². The Hall–Kier alpha value is -2.28. The highest BCUT2D eigenvalue weighted by molar-refractivity contribution is 8.27. The number of fused-ring (bicyclic) bond motifs is 1.